The molecule has 1 saturated carbocycles. The van der Waals surface area contributed by atoms with Crippen molar-refractivity contribution in [2.75, 3.05) is 13.2 Å². The van der Waals surface area contributed by atoms with E-state index in [1.165, 1.54) is 51.0 Å². The molecule has 6 heteroatoms. The van der Waals surface area contributed by atoms with E-state index in [4.69, 9.17) is 14.2 Å². The van der Waals surface area contributed by atoms with Crippen molar-refractivity contribution in [1.82, 2.24) is 4.98 Å². The summed E-state index contributed by atoms with van der Waals surface area (Å²) in [4.78, 5) is 27.9. The minimum absolute atomic E-state index is 0.0643. The first kappa shape index (κ1) is 29.4. The van der Waals surface area contributed by atoms with Crippen molar-refractivity contribution in [3.63, 3.8) is 0 Å². The number of hydrogen-bond donors (Lipinski definition) is 0. The third-order valence-corrected chi connectivity index (χ3v) is 6.95. The number of nitrogens with zero attached hydrogens (tertiary/aromatic N) is 1. The fourth-order valence-electron chi connectivity index (χ4n) is 4.68. The van der Waals surface area contributed by atoms with Crippen molar-refractivity contribution in [3.8, 4) is 17.0 Å². The smallest absolute Gasteiger partial charge is 0.338 e. The summed E-state index contributed by atoms with van der Waals surface area (Å²) in [5, 5.41) is 0. The second kappa shape index (κ2) is 17.4. The Kier molecular flexibility index (Phi) is 13.4. The van der Waals surface area contributed by atoms with E-state index >= 15 is 0 Å². The van der Waals surface area contributed by atoms with Gasteiger partial charge in [-0.3, -0.25) is 4.98 Å². The molecular weight excluding hydrogens is 478 g/mol. The van der Waals surface area contributed by atoms with Gasteiger partial charge in [0, 0.05) is 11.6 Å². The minimum atomic E-state index is -0.335. The largest absolute Gasteiger partial charge is 0.492 e. The monoisotopic (exact) mass is 521 g/mol. The Morgan fingerprint density at radius 2 is 1.45 bits per heavy atom. The molecule has 0 saturated heterocycles. The van der Waals surface area contributed by atoms with Gasteiger partial charge in [0.05, 0.1) is 30.7 Å². The van der Waals surface area contributed by atoms with Crippen LogP contribution < -0.4 is 4.74 Å². The molecule has 6 nitrogen and oxygen atoms in total. The van der Waals surface area contributed by atoms with Crippen LogP contribution in [0, 0.1) is 0 Å². The van der Waals surface area contributed by atoms with Gasteiger partial charge in [-0.25, -0.2) is 9.59 Å². The van der Waals surface area contributed by atoms with Crippen LogP contribution in [-0.2, 0) is 14.3 Å². The number of ether oxygens (including phenoxy) is 3. The van der Waals surface area contributed by atoms with Gasteiger partial charge in [-0.15, -0.1) is 0 Å². The van der Waals surface area contributed by atoms with Crippen LogP contribution in [-0.4, -0.2) is 36.2 Å². The number of hydrogen-bond acceptors (Lipinski definition) is 6. The molecule has 1 aromatic carbocycles. The van der Waals surface area contributed by atoms with Crippen LogP contribution in [0.25, 0.3) is 11.3 Å². The number of pyridine rings is 1. The van der Waals surface area contributed by atoms with Gasteiger partial charge in [0.1, 0.15) is 11.9 Å². The van der Waals surface area contributed by atoms with Crippen LogP contribution in [0.1, 0.15) is 100 Å². The first-order valence-electron chi connectivity index (χ1n) is 14.3. The second-order valence-corrected chi connectivity index (χ2v) is 10.0. The summed E-state index contributed by atoms with van der Waals surface area (Å²) in [6, 6.07) is 11.4. The molecule has 2 aromatic rings. The number of carbonyl (C=O) groups excluding carboxylic acids is 2. The van der Waals surface area contributed by atoms with Gasteiger partial charge in [-0.2, -0.15) is 0 Å². The number of esters is 2. The number of carbonyl (C=O) groups is 2. The van der Waals surface area contributed by atoms with E-state index in [0.29, 0.717) is 18.8 Å². The van der Waals surface area contributed by atoms with Crippen LogP contribution in [0.15, 0.2) is 55.3 Å². The predicted molar refractivity (Wildman–Crippen MR) is 150 cm³/mol. The van der Waals surface area contributed by atoms with Crippen molar-refractivity contribution in [2.24, 2.45) is 0 Å². The van der Waals surface area contributed by atoms with E-state index in [2.05, 4.69) is 11.6 Å². The molecule has 206 valence electrons. The van der Waals surface area contributed by atoms with Gasteiger partial charge in [0.2, 0.25) is 0 Å². The first-order chi connectivity index (χ1) is 18.7. The van der Waals surface area contributed by atoms with Crippen LogP contribution in [0.2, 0.25) is 0 Å². The van der Waals surface area contributed by atoms with Crippen molar-refractivity contribution in [1.29, 1.82) is 0 Å². The van der Waals surface area contributed by atoms with Crippen LogP contribution in [0.3, 0.4) is 0 Å². The molecule has 0 aliphatic heterocycles. The van der Waals surface area contributed by atoms with Crippen molar-refractivity contribution < 1.29 is 23.8 Å². The molecule has 0 unspecified atom stereocenters. The molecule has 0 bridgehead atoms. The number of aromatic nitrogens is 1. The summed E-state index contributed by atoms with van der Waals surface area (Å²) in [5.74, 6) is 0.208. The molecule has 1 aliphatic rings. The standard InChI is InChI=1S/C32H43NO5/c1-2-31(34)37-24-14-9-7-5-3-4-6-8-13-23-36-29-21-22-30(33-25-29)26-17-19-27(20-18-26)32(35)38-28-15-11-10-12-16-28/h2,17-22,25,28H,1,3-16,23-24H2. The third kappa shape index (κ3) is 11.1. The lowest BCUT2D eigenvalue weighted by atomic mass is 9.98. The summed E-state index contributed by atoms with van der Waals surface area (Å²) < 4.78 is 16.5. The van der Waals surface area contributed by atoms with E-state index in [1.54, 1.807) is 6.20 Å². The van der Waals surface area contributed by atoms with Crippen LogP contribution in [0.5, 0.6) is 5.75 Å². The van der Waals surface area contributed by atoms with Crippen molar-refractivity contribution in [3.05, 3.63) is 60.8 Å². The Bertz CT molecular complexity index is 964. The lowest BCUT2D eigenvalue weighted by Gasteiger charge is -2.21. The van der Waals surface area contributed by atoms with Crippen molar-refractivity contribution in [2.45, 2.75) is 96.0 Å². The van der Waals surface area contributed by atoms with Crippen LogP contribution in [0.4, 0.5) is 0 Å². The number of unbranched alkanes of at least 4 members (excludes halogenated alkanes) is 8. The summed E-state index contributed by atoms with van der Waals surface area (Å²) in [5.41, 5.74) is 2.40. The molecular formula is C32H43NO5. The molecule has 3 rings (SSSR count). The minimum Gasteiger partial charge on any atom is -0.492 e. The Balaban J connectivity index is 1.23. The molecule has 0 radical (unpaired) electrons. The van der Waals surface area contributed by atoms with E-state index < -0.39 is 0 Å². The molecule has 38 heavy (non-hydrogen) atoms. The summed E-state index contributed by atoms with van der Waals surface area (Å²) >= 11 is 0. The normalized spacial score (nSPS) is 13.6. The molecule has 1 aliphatic carbocycles. The van der Waals surface area contributed by atoms with Gasteiger partial charge in [0.25, 0.3) is 0 Å². The molecule has 0 atom stereocenters. The third-order valence-electron chi connectivity index (χ3n) is 6.95. The Labute approximate surface area is 227 Å². The highest BCUT2D eigenvalue weighted by Crippen LogP contribution is 2.23. The van der Waals surface area contributed by atoms with Crippen molar-refractivity contribution >= 4 is 11.9 Å². The van der Waals surface area contributed by atoms with E-state index in [0.717, 1.165) is 62.0 Å². The SMILES string of the molecule is C=CC(=O)OCCCCCCCCCCCOc1ccc(-c2ccc(C(=O)OC3CCCCC3)cc2)nc1. The molecule has 1 heterocycles. The first-order valence-corrected chi connectivity index (χ1v) is 14.3. The van der Waals surface area contributed by atoms with Gasteiger partial charge in [-0.1, -0.05) is 70.1 Å². The van der Waals surface area contributed by atoms with Gasteiger partial charge < -0.3 is 14.2 Å². The zero-order valence-corrected chi connectivity index (χ0v) is 22.7. The van der Waals surface area contributed by atoms with Gasteiger partial charge >= 0.3 is 11.9 Å². The molecule has 1 fully saturated rings. The molecule has 0 N–H and O–H groups in total. The highest BCUT2D eigenvalue weighted by Gasteiger charge is 2.18. The summed E-state index contributed by atoms with van der Waals surface area (Å²) in [6.45, 7) is 4.58. The Morgan fingerprint density at radius 1 is 0.816 bits per heavy atom. The average molecular weight is 522 g/mol. The highest BCUT2D eigenvalue weighted by molar-refractivity contribution is 5.90. The Morgan fingerprint density at radius 3 is 2.05 bits per heavy atom. The summed E-state index contributed by atoms with van der Waals surface area (Å²) in [7, 11) is 0. The highest BCUT2D eigenvalue weighted by atomic mass is 16.5. The predicted octanol–water partition coefficient (Wildman–Crippen LogP) is 7.86. The summed E-state index contributed by atoms with van der Waals surface area (Å²) in [6.07, 6.45) is 18.9. The van der Waals surface area contributed by atoms with E-state index in [-0.39, 0.29) is 18.0 Å². The molecule has 1 aromatic heterocycles. The lowest BCUT2D eigenvalue weighted by molar-refractivity contribution is -0.137. The maximum absolute atomic E-state index is 12.4. The van der Waals surface area contributed by atoms with Gasteiger partial charge in [-0.05, 0) is 62.8 Å². The lowest BCUT2D eigenvalue weighted by Crippen LogP contribution is -2.20. The average Bonchev–Trinajstić information content (AvgIpc) is 2.96. The zero-order valence-electron chi connectivity index (χ0n) is 22.7. The Hall–Kier alpha value is -3.15. The van der Waals surface area contributed by atoms with E-state index in [1.807, 2.05) is 36.4 Å². The number of benzene rings is 1. The number of rotatable bonds is 17. The zero-order chi connectivity index (χ0) is 26.8. The topological polar surface area (TPSA) is 74.7 Å². The second-order valence-electron chi connectivity index (χ2n) is 10.0. The maximum atomic E-state index is 12.4. The van der Waals surface area contributed by atoms with Gasteiger partial charge in [0.15, 0.2) is 0 Å². The van der Waals surface area contributed by atoms with Crippen LogP contribution >= 0.6 is 0 Å². The fourth-order valence-corrected chi connectivity index (χ4v) is 4.68. The fraction of sp³-hybridized carbons (Fsp3) is 0.531. The van der Waals surface area contributed by atoms with E-state index in [9.17, 15) is 9.59 Å². The maximum Gasteiger partial charge on any atom is 0.338 e. The quantitative estimate of drug-likeness (QED) is 0.120. The molecule has 0 spiro atoms. The molecule has 0 amide bonds.